The highest BCUT2D eigenvalue weighted by Crippen LogP contribution is 2.13. The summed E-state index contributed by atoms with van der Waals surface area (Å²) in [4.78, 5) is 29.3. The maximum absolute atomic E-state index is 12.8. The molecule has 2 aromatic heterocycles. The van der Waals surface area contributed by atoms with Gasteiger partial charge in [-0.15, -0.1) is 11.3 Å². The number of fused-ring (bicyclic) bond motifs is 1. The van der Waals surface area contributed by atoms with E-state index < -0.39 is 0 Å². The van der Waals surface area contributed by atoms with E-state index in [1.165, 1.54) is 4.57 Å². The zero-order valence-corrected chi connectivity index (χ0v) is 15.8. The molecule has 0 unspecified atom stereocenters. The molecule has 7 heteroatoms. The van der Waals surface area contributed by atoms with Crippen LogP contribution in [0.25, 0.3) is 16.6 Å². The zero-order valence-electron chi connectivity index (χ0n) is 14.1. The highest BCUT2D eigenvalue weighted by molar-refractivity contribution is 7.71. The lowest BCUT2D eigenvalue weighted by Gasteiger charge is -2.09. The molecule has 2 aromatic carbocycles. The van der Waals surface area contributed by atoms with Gasteiger partial charge in [-0.1, -0.05) is 18.2 Å². The number of amides is 1. The summed E-state index contributed by atoms with van der Waals surface area (Å²) in [7, 11) is 0. The third-order valence-corrected chi connectivity index (χ3v) is 5.36. The van der Waals surface area contributed by atoms with Gasteiger partial charge in [0.25, 0.3) is 11.5 Å². The average Bonchev–Trinajstić information content (AvgIpc) is 3.20. The first-order chi connectivity index (χ1) is 13.1. The molecule has 0 fully saturated rings. The predicted molar refractivity (Wildman–Crippen MR) is 110 cm³/mol. The van der Waals surface area contributed by atoms with Gasteiger partial charge in [0.1, 0.15) is 0 Å². The highest BCUT2D eigenvalue weighted by Gasteiger charge is 2.09. The van der Waals surface area contributed by atoms with E-state index >= 15 is 0 Å². The SMILES string of the molecule is O=C(NCc1cccs1)c1ccc(-n2c(=S)[nH]c3ccccc3c2=O)cc1. The minimum absolute atomic E-state index is 0.161. The van der Waals surface area contributed by atoms with E-state index in [9.17, 15) is 9.59 Å². The van der Waals surface area contributed by atoms with E-state index in [4.69, 9.17) is 12.2 Å². The minimum Gasteiger partial charge on any atom is -0.347 e. The molecule has 0 radical (unpaired) electrons. The lowest BCUT2D eigenvalue weighted by molar-refractivity contribution is 0.0951. The van der Waals surface area contributed by atoms with Crippen LogP contribution in [0.2, 0.25) is 0 Å². The smallest absolute Gasteiger partial charge is 0.266 e. The number of hydrogen-bond acceptors (Lipinski definition) is 4. The zero-order chi connectivity index (χ0) is 18.8. The van der Waals surface area contributed by atoms with E-state index in [2.05, 4.69) is 10.3 Å². The van der Waals surface area contributed by atoms with Crippen LogP contribution >= 0.6 is 23.6 Å². The minimum atomic E-state index is -0.191. The number of nitrogens with one attached hydrogen (secondary N) is 2. The van der Waals surface area contributed by atoms with Gasteiger partial charge in [0.2, 0.25) is 0 Å². The molecule has 0 bridgehead atoms. The van der Waals surface area contributed by atoms with Crippen LogP contribution in [0.15, 0.2) is 70.8 Å². The van der Waals surface area contributed by atoms with Gasteiger partial charge >= 0.3 is 0 Å². The van der Waals surface area contributed by atoms with Gasteiger partial charge < -0.3 is 10.3 Å². The molecular weight excluding hydrogens is 378 g/mol. The summed E-state index contributed by atoms with van der Waals surface area (Å²) < 4.78 is 1.75. The van der Waals surface area contributed by atoms with E-state index in [0.717, 1.165) is 4.88 Å². The van der Waals surface area contributed by atoms with Crippen LogP contribution in [-0.4, -0.2) is 15.5 Å². The molecule has 134 valence electrons. The number of carbonyl (C=O) groups excluding carboxylic acids is 1. The fourth-order valence-electron chi connectivity index (χ4n) is 2.84. The van der Waals surface area contributed by atoms with Crippen molar-refractivity contribution >= 4 is 40.4 Å². The number of aromatic amines is 1. The van der Waals surface area contributed by atoms with Crippen molar-refractivity contribution in [3.05, 3.63) is 91.6 Å². The first kappa shape index (κ1) is 17.4. The van der Waals surface area contributed by atoms with E-state index in [-0.39, 0.29) is 11.5 Å². The van der Waals surface area contributed by atoms with Crippen molar-refractivity contribution in [1.82, 2.24) is 14.9 Å². The number of thiophene rings is 1. The Morgan fingerprint density at radius 1 is 1.07 bits per heavy atom. The topological polar surface area (TPSA) is 66.9 Å². The maximum atomic E-state index is 12.8. The third kappa shape index (κ3) is 3.47. The Balaban J connectivity index is 1.63. The van der Waals surface area contributed by atoms with Crippen LogP contribution in [0.1, 0.15) is 15.2 Å². The fourth-order valence-corrected chi connectivity index (χ4v) is 3.78. The average molecular weight is 393 g/mol. The van der Waals surface area contributed by atoms with Crippen molar-refractivity contribution < 1.29 is 4.79 Å². The number of aromatic nitrogens is 2. The van der Waals surface area contributed by atoms with Crippen molar-refractivity contribution in [2.45, 2.75) is 6.54 Å². The van der Waals surface area contributed by atoms with Crippen molar-refractivity contribution in [3.8, 4) is 5.69 Å². The second kappa shape index (κ2) is 7.30. The van der Waals surface area contributed by atoms with Gasteiger partial charge in [-0.05, 0) is 60.1 Å². The molecule has 1 amide bonds. The lowest BCUT2D eigenvalue weighted by Crippen LogP contribution is -2.23. The van der Waals surface area contributed by atoms with Crippen LogP contribution in [0.3, 0.4) is 0 Å². The molecule has 0 aliphatic heterocycles. The summed E-state index contributed by atoms with van der Waals surface area (Å²) >= 11 is 6.95. The lowest BCUT2D eigenvalue weighted by atomic mass is 10.2. The summed E-state index contributed by atoms with van der Waals surface area (Å²) in [6, 6.07) is 18.0. The Hall–Kier alpha value is -3.03. The molecule has 2 heterocycles. The molecule has 0 saturated heterocycles. The molecule has 0 spiro atoms. The Morgan fingerprint density at radius 3 is 2.59 bits per heavy atom. The predicted octanol–water partition coefficient (Wildman–Crippen LogP) is 4.04. The number of rotatable bonds is 4. The van der Waals surface area contributed by atoms with Gasteiger partial charge in [0, 0.05) is 10.4 Å². The summed E-state index contributed by atoms with van der Waals surface area (Å²) in [6.45, 7) is 0.494. The van der Waals surface area contributed by atoms with Gasteiger partial charge in [0.15, 0.2) is 4.77 Å². The Bertz CT molecular complexity index is 1220. The van der Waals surface area contributed by atoms with Crippen LogP contribution in [-0.2, 0) is 6.54 Å². The summed E-state index contributed by atoms with van der Waals surface area (Å²) in [5, 5.41) is 5.42. The van der Waals surface area contributed by atoms with Crippen LogP contribution in [0.4, 0.5) is 0 Å². The van der Waals surface area contributed by atoms with Gasteiger partial charge in [-0.25, -0.2) is 0 Å². The second-order valence-corrected chi connectivity index (χ2v) is 7.34. The highest BCUT2D eigenvalue weighted by atomic mass is 32.1. The van der Waals surface area contributed by atoms with Crippen LogP contribution in [0.5, 0.6) is 0 Å². The molecule has 4 rings (SSSR count). The summed E-state index contributed by atoms with van der Waals surface area (Å²) in [6.07, 6.45) is 0. The molecule has 4 aromatic rings. The molecule has 0 saturated carbocycles. The Labute approximate surface area is 163 Å². The first-order valence-corrected chi connectivity index (χ1v) is 9.57. The van der Waals surface area contributed by atoms with Crippen molar-refractivity contribution in [2.24, 2.45) is 0 Å². The number of hydrogen-bond donors (Lipinski definition) is 2. The van der Waals surface area contributed by atoms with Crippen LogP contribution in [0, 0.1) is 4.77 Å². The third-order valence-electron chi connectivity index (χ3n) is 4.20. The van der Waals surface area contributed by atoms with Crippen LogP contribution < -0.4 is 10.9 Å². The fraction of sp³-hybridized carbons (Fsp3) is 0.0500. The second-order valence-electron chi connectivity index (χ2n) is 5.93. The number of carbonyl (C=O) groups is 1. The molecule has 5 nitrogen and oxygen atoms in total. The largest absolute Gasteiger partial charge is 0.347 e. The molecule has 27 heavy (non-hydrogen) atoms. The quantitative estimate of drug-likeness (QED) is 0.514. The van der Waals surface area contributed by atoms with Gasteiger partial charge in [-0.3, -0.25) is 14.2 Å². The first-order valence-electron chi connectivity index (χ1n) is 8.28. The standard InChI is InChI=1S/C20H15N3O2S2/c24-18(21-12-15-4-3-11-27-15)13-7-9-14(10-8-13)23-19(25)16-5-1-2-6-17(16)22-20(23)26/h1-11H,12H2,(H,21,24)(H,22,26). The number of nitrogens with zero attached hydrogens (tertiary/aromatic N) is 1. The number of benzene rings is 2. The van der Waals surface area contributed by atoms with E-state index in [1.54, 1.807) is 41.7 Å². The number of para-hydroxylation sites is 1. The van der Waals surface area contributed by atoms with E-state index in [0.29, 0.717) is 33.5 Å². The molecular formula is C20H15N3O2S2. The van der Waals surface area contributed by atoms with Gasteiger partial charge in [-0.2, -0.15) is 0 Å². The van der Waals surface area contributed by atoms with Gasteiger partial charge in [0.05, 0.1) is 23.1 Å². The molecule has 0 atom stereocenters. The maximum Gasteiger partial charge on any atom is 0.266 e. The summed E-state index contributed by atoms with van der Waals surface area (Å²) in [5.41, 5.74) is 1.65. The molecule has 0 aliphatic rings. The molecule has 0 aliphatic carbocycles. The van der Waals surface area contributed by atoms with E-state index in [1.807, 2.05) is 35.7 Å². The number of H-pyrrole nitrogens is 1. The Morgan fingerprint density at radius 2 is 1.85 bits per heavy atom. The Kier molecular flexibility index (Phi) is 4.70. The van der Waals surface area contributed by atoms with Crippen molar-refractivity contribution in [2.75, 3.05) is 0 Å². The monoisotopic (exact) mass is 393 g/mol. The summed E-state index contributed by atoms with van der Waals surface area (Å²) in [5.74, 6) is -0.161. The van der Waals surface area contributed by atoms with Crippen molar-refractivity contribution in [1.29, 1.82) is 0 Å². The normalized spacial score (nSPS) is 10.8. The van der Waals surface area contributed by atoms with Crippen molar-refractivity contribution in [3.63, 3.8) is 0 Å². The molecule has 2 N–H and O–H groups in total.